The molecule has 3 aromatic rings. The van der Waals surface area contributed by atoms with Gasteiger partial charge in [0.1, 0.15) is 5.82 Å². The van der Waals surface area contributed by atoms with Gasteiger partial charge in [0.2, 0.25) is 0 Å². The maximum Gasteiger partial charge on any atom is 0.141 e. The zero-order chi connectivity index (χ0) is 16.8. The zero-order valence-corrected chi connectivity index (χ0v) is 15.0. The molecular formula is C22H28N2. The van der Waals surface area contributed by atoms with Crippen LogP contribution in [-0.2, 0) is 6.54 Å². The molecule has 1 aromatic heterocycles. The summed E-state index contributed by atoms with van der Waals surface area (Å²) < 4.78 is 2.40. The number of imidazole rings is 1. The van der Waals surface area contributed by atoms with Crippen molar-refractivity contribution >= 4 is 11.0 Å². The molecule has 0 aliphatic rings. The third-order valence-corrected chi connectivity index (χ3v) is 4.70. The fraction of sp³-hybridized carbons (Fsp3) is 0.409. The van der Waals surface area contributed by atoms with Crippen LogP contribution in [0.15, 0.2) is 48.5 Å². The van der Waals surface area contributed by atoms with Gasteiger partial charge >= 0.3 is 0 Å². The maximum absolute atomic E-state index is 4.90. The number of hydrogen-bond acceptors (Lipinski definition) is 1. The van der Waals surface area contributed by atoms with E-state index in [0.717, 1.165) is 17.9 Å². The molecule has 0 saturated heterocycles. The van der Waals surface area contributed by atoms with Crippen LogP contribution < -0.4 is 0 Å². The van der Waals surface area contributed by atoms with Gasteiger partial charge in [0, 0.05) is 12.1 Å². The molecule has 2 aromatic carbocycles. The second-order valence-electron chi connectivity index (χ2n) is 6.71. The Labute approximate surface area is 145 Å². The molecule has 0 spiro atoms. The summed E-state index contributed by atoms with van der Waals surface area (Å²) in [6, 6.07) is 17.2. The average molecular weight is 320 g/mol. The number of rotatable bonds is 8. The van der Waals surface area contributed by atoms with Crippen molar-refractivity contribution in [3.8, 4) is 11.4 Å². The first-order valence-corrected chi connectivity index (χ1v) is 9.32. The Morgan fingerprint density at radius 1 is 0.833 bits per heavy atom. The SMILES string of the molecule is CCCCCCCCn1c(-c2ccc(C)cc2)nc2ccccc21. The fourth-order valence-corrected chi connectivity index (χ4v) is 3.28. The first kappa shape index (κ1) is 16.8. The molecule has 2 nitrogen and oxygen atoms in total. The second kappa shape index (κ2) is 8.14. The fourth-order valence-electron chi connectivity index (χ4n) is 3.28. The van der Waals surface area contributed by atoms with Crippen LogP contribution in [-0.4, -0.2) is 9.55 Å². The minimum Gasteiger partial charge on any atom is -0.324 e. The van der Waals surface area contributed by atoms with Gasteiger partial charge in [-0.2, -0.15) is 0 Å². The quantitative estimate of drug-likeness (QED) is 0.441. The number of para-hydroxylation sites is 2. The Hall–Kier alpha value is -2.09. The van der Waals surface area contributed by atoms with Gasteiger partial charge in [0.15, 0.2) is 0 Å². The molecule has 24 heavy (non-hydrogen) atoms. The van der Waals surface area contributed by atoms with Crippen LogP contribution in [0.4, 0.5) is 0 Å². The van der Waals surface area contributed by atoms with E-state index in [9.17, 15) is 0 Å². The van der Waals surface area contributed by atoms with E-state index in [1.807, 2.05) is 0 Å². The van der Waals surface area contributed by atoms with Crippen LogP contribution in [0.2, 0.25) is 0 Å². The average Bonchev–Trinajstić information content (AvgIpc) is 2.97. The summed E-state index contributed by atoms with van der Waals surface area (Å²) in [7, 11) is 0. The van der Waals surface area contributed by atoms with Gasteiger partial charge in [-0.1, -0.05) is 81.0 Å². The number of unbranched alkanes of at least 4 members (excludes halogenated alkanes) is 5. The summed E-state index contributed by atoms with van der Waals surface area (Å²) in [5, 5.41) is 0. The molecule has 0 fully saturated rings. The highest BCUT2D eigenvalue weighted by Gasteiger charge is 2.11. The molecule has 0 amide bonds. The lowest BCUT2D eigenvalue weighted by Gasteiger charge is -2.10. The van der Waals surface area contributed by atoms with E-state index < -0.39 is 0 Å². The topological polar surface area (TPSA) is 17.8 Å². The Kier molecular flexibility index (Phi) is 5.68. The van der Waals surface area contributed by atoms with Crippen LogP contribution in [0.3, 0.4) is 0 Å². The van der Waals surface area contributed by atoms with Crippen LogP contribution in [0.5, 0.6) is 0 Å². The van der Waals surface area contributed by atoms with E-state index in [4.69, 9.17) is 4.98 Å². The van der Waals surface area contributed by atoms with Crippen LogP contribution >= 0.6 is 0 Å². The normalized spacial score (nSPS) is 11.2. The van der Waals surface area contributed by atoms with E-state index in [1.54, 1.807) is 0 Å². The number of hydrogen-bond donors (Lipinski definition) is 0. The van der Waals surface area contributed by atoms with E-state index >= 15 is 0 Å². The van der Waals surface area contributed by atoms with E-state index in [2.05, 4.69) is 66.9 Å². The molecule has 1 heterocycles. The molecule has 0 saturated carbocycles. The van der Waals surface area contributed by atoms with Gasteiger partial charge in [0.25, 0.3) is 0 Å². The van der Waals surface area contributed by atoms with Crippen LogP contribution in [0.1, 0.15) is 51.0 Å². The highest BCUT2D eigenvalue weighted by molar-refractivity contribution is 5.80. The number of fused-ring (bicyclic) bond motifs is 1. The van der Waals surface area contributed by atoms with Gasteiger partial charge < -0.3 is 4.57 Å². The summed E-state index contributed by atoms with van der Waals surface area (Å²) in [6.07, 6.45) is 7.92. The number of aromatic nitrogens is 2. The number of benzene rings is 2. The molecule has 0 bridgehead atoms. The molecule has 0 aliphatic heterocycles. The van der Waals surface area contributed by atoms with Gasteiger partial charge in [-0.15, -0.1) is 0 Å². The summed E-state index contributed by atoms with van der Waals surface area (Å²) in [5.74, 6) is 1.10. The molecule has 3 rings (SSSR count). The van der Waals surface area contributed by atoms with Crippen molar-refractivity contribution in [1.29, 1.82) is 0 Å². The third kappa shape index (κ3) is 3.87. The van der Waals surface area contributed by atoms with Gasteiger partial charge in [-0.3, -0.25) is 0 Å². The predicted octanol–water partition coefficient (Wildman–Crippen LogP) is 6.37. The second-order valence-corrected chi connectivity index (χ2v) is 6.71. The monoisotopic (exact) mass is 320 g/mol. The summed E-state index contributed by atoms with van der Waals surface area (Å²) in [5.41, 5.74) is 4.85. The highest BCUT2D eigenvalue weighted by Crippen LogP contribution is 2.25. The minimum atomic E-state index is 1.05. The lowest BCUT2D eigenvalue weighted by molar-refractivity contribution is 0.566. The third-order valence-electron chi connectivity index (χ3n) is 4.70. The maximum atomic E-state index is 4.90. The number of nitrogens with zero attached hydrogens (tertiary/aromatic N) is 2. The van der Waals surface area contributed by atoms with Crippen molar-refractivity contribution < 1.29 is 0 Å². The Balaban J connectivity index is 1.81. The molecule has 0 N–H and O–H groups in total. The van der Waals surface area contributed by atoms with Crippen molar-refractivity contribution in [3.63, 3.8) is 0 Å². The molecule has 0 atom stereocenters. The first-order chi connectivity index (χ1) is 11.8. The minimum absolute atomic E-state index is 1.05. The highest BCUT2D eigenvalue weighted by atomic mass is 15.1. The molecule has 2 heteroatoms. The van der Waals surface area contributed by atoms with Crippen LogP contribution in [0.25, 0.3) is 22.4 Å². The van der Waals surface area contributed by atoms with Gasteiger partial charge in [-0.25, -0.2) is 4.98 Å². The lowest BCUT2D eigenvalue weighted by Crippen LogP contribution is -2.01. The van der Waals surface area contributed by atoms with Crippen LogP contribution in [0, 0.1) is 6.92 Å². The number of aryl methyl sites for hydroxylation is 2. The Bertz CT molecular complexity index is 768. The van der Waals surface area contributed by atoms with Crippen molar-refractivity contribution in [3.05, 3.63) is 54.1 Å². The molecular weight excluding hydrogens is 292 g/mol. The molecule has 0 radical (unpaired) electrons. The first-order valence-electron chi connectivity index (χ1n) is 9.32. The molecule has 0 unspecified atom stereocenters. The Morgan fingerprint density at radius 2 is 1.54 bits per heavy atom. The van der Waals surface area contributed by atoms with Crippen molar-refractivity contribution in [2.75, 3.05) is 0 Å². The molecule has 126 valence electrons. The summed E-state index contributed by atoms with van der Waals surface area (Å²) in [6.45, 7) is 5.45. The summed E-state index contributed by atoms with van der Waals surface area (Å²) in [4.78, 5) is 4.90. The van der Waals surface area contributed by atoms with E-state index in [0.29, 0.717) is 0 Å². The summed E-state index contributed by atoms with van der Waals surface area (Å²) >= 11 is 0. The lowest BCUT2D eigenvalue weighted by atomic mass is 10.1. The molecule has 0 aliphatic carbocycles. The van der Waals surface area contributed by atoms with E-state index in [1.165, 1.54) is 55.2 Å². The van der Waals surface area contributed by atoms with Gasteiger partial charge in [0.05, 0.1) is 11.0 Å². The smallest absolute Gasteiger partial charge is 0.141 e. The van der Waals surface area contributed by atoms with Gasteiger partial charge in [-0.05, 0) is 25.5 Å². The van der Waals surface area contributed by atoms with Crippen molar-refractivity contribution in [2.24, 2.45) is 0 Å². The Morgan fingerprint density at radius 3 is 2.33 bits per heavy atom. The standard InChI is InChI=1S/C22H28N2/c1-3-4-5-6-7-10-17-24-21-12-9-8-11-20(21)23-22(24)19-15-13-18(2)14-16-19/h8-9,11-16H,3-7,10,17H2,1-2H3. The predicted molar refractivity (Wildman–Crippen MR) is 103 cm³/mol. The van der Waals surface area contributed by atoms with Crippen molar-refractivity contribution in [1.82, 2.24) is 9.55 Å². The van der Waals surface area contributed by atoms with E-state index in [-0.39, 0.29) is 0 Å². The zero-order valence-electron chi connectivity index (χ0n) is 15.0. The largest absolute Gasteiger partial charge is 0.324 e. The van der Waals surface area contributed by atoms with Crippen molar-refractivity contribution in [2.45, 2.75) is 58.9 Å².